The number of hydrogen-bond donors (Lipinski definition) is 2. The van der Waals surface area contributed by atoms with E-state index in [1.807, 2.05) is 0 Å². The highest BCUT2D eigenvalue weighted by Crippen LogP contribution is 1.98. The van der Waals surface area contributed by atoms with Crippen molar-refractivity contribution in [1.29, 1.82) is 0 Å². The van der Waals surface area contributed by atoms with Crippen LogP contribution in [-0.2, 0) is 4.74 Å². The van der Waals surface area contributed by atoms with Crippen molar-refractivity contribution in [3.8, 4) is 0 Å². The third kappa shape index (κ3) is 8.48. The first-order valence-corrected chi connectivity index (χ1v) is 5.62. The molecule has 0 aliphatic heterocycles. The summed E-state index contributed by atoms with van der Waals surface area (Å²) >= 11 is 0. The zero-order chi connectivity index (χ0) is 10.8. The van der Waals surface area contributed by atoms with Crippen molar-refractivity contribution in [3.05, 3.63) is 0 Å². The second-order valence-electron chi connectivity index (χ2n) is 4.04. The Kier molecular flexibility index (Phi) is 9.35. The Morgan fingerprint density at radius 2 is 2.00 bits per heavy atom. The van der Waals surface area contributed by atoms with E-state index >= 15 is 0 Å². The van der Waals surface area contributed by atoms with Gasteiger partial charge < -0.3 is 15.2 Å². The van der Waals surface area contributed by atoms with Crippen LogP contribution in [0.4, 0.5) is 0 Å². The van der Waals surface area contributed by atoms with Crippen molar-refractivity contribution >= 4 is 0 Å². The standard InChI is InChI=1S/C11H25NO2/c1-4-11(9-13)12-6-8-14-7-5-10(2)3/h10-13H,4-9H2,1-3H3. The molecule has 0 saturated heterocycles. The van der Waals surface area contributed by atoms with Gasteiger partial charge in [-0.3, -0.25) is 0 Å². The number of rotatable bonds is 9. The fourth-order valence-corrected chi connectivity index (χ4v) is 1.09. The molecule has 3 heteroatoms. The van der Waals surface area contributed by atoms with Gasteiger partial charge >= 0.3 is 0 Å². The summed E-state index contributed by atoms with van der Waals surface area (Å²) in [5.74, 6) is 0.712. The van der Waals surface area contributed by atoms with E-state index in [9.17, 15) is 0 Å². The summed E-state index contributed by atoms with van der Waals surface area (Å²) in [5, 5.41) is 12.1. The Morgan fingerprint density at radius 1 is 1.29 bits per heavy atom. The van der Waals surface area contributed by atoms with Crippen LogP contribution in [0, 0.1) is 5.92 Å². The van der Waals surface area contributed by atoms with Crippen LogP contribution in [0.1, 0.15) is 33.6 Å². The Hall–Kier alpha value is -0.120. The highest BCUT2D eigenvalue weighted by molar-refractivity contribution is 4.61. The maximum Gasteiger partial charge on any atom is 0.0591 e. The van der Waals surface area contributed by atoms with Crippen molar-refractivity contribution in [3.63, 3.8) is 0 Å². The molecule has 1 unspecified atom stereocenters. The summed E-state index contributed by atoms with van der Waals surface area (Å²) in [6.07, 6.45) is 2.08. The minimum Gasteiger partial charge on any atom is -0.395 e. The molecular weight excluding hydrogens is 178 g/mol. The molecule has 86 valence electrons. The highest BCUT2D eigenvalue weighted by Gasteiger charge is 2.01. The molecule has 0 rings (SSSR count). The quantitative estimate of drug-likeness (QED) is 0.557. The van der Waals surface area contributed by atoms with Gasteiger partial charge in [-0.25, -0.2) is 0 Å². The van der Waals surface area contributed by atoms with Gasteiger partial charge in [0.15, 0.2) is 0 Å². The highest BCUT2D eigenvalue weighted by atomic mass is 16.5. The van der Waals surface area contributed by atoms with Crippen molar-refractivity contribution in [1.82, 2.24) is 5.32 Å². The van der Waals surface area contributed by atoms with E-state index in [1.165, 1.54) is 0 Å². The first-order valence-electron chi connectivity index (χ1n) is 5.62. The Bertz CT molecular complexity index is 114. The van der Waals surface area contributed by atoms with E-state index in [4.69, 9.17) is 9.84 Å². The number of aliphatic hydroxyl groups excluding tert-OH is 1. The van der Waals surface area contributed by atoms with Crippen LogP contribution in [0.2, 0.25) is 0 Å². The monoisotopic (exact) mass is 203 g/mol. The molecule has 0 spiro atoms. The smallest absolute Gasteiger partial charge is 0.0591 e. The summed E-state index contributed by atoms with van der Waals surface area (Å²) < 4.78 is 5.44. The molecular formula is C11H25NO2. The molecule has 2 N–H and O–H groups in total. The molecule has 0 aliphatic carbocycles. The maximum atomic E-state index is 8.90. The Balaban J connectivity index is 3.12. The maximum absolute atomic E-state index is 8.90. The Labute approximate surface area is 87.8 Å². The van der Waals surface area contributed by atoms with E-state index in [-0.39, 0.29) is 12.6 Å². The lowest BCUT2D eigenvalue weighted by Crippen LogP contribution is -2.34. The van der Waals surface area contributed by atoms with Gasteiger partial charge in [-0.1, -0.05) is 20.8 Å². The summed E-state index contributed by atoms with van der Waals surface area (Å²) in [7, 11) is 0. The second kappa shape index (κ2) is 9.44. The number of ether oxygens (including phenoxy) is 1. The number of hydrogen-bond acceptors (Lipinski definition) is 3. The molecule has 0 amide bonds. The van der Waals surface area contributed by atoms with E-state index in [1.54, 1.807) is 0 Å². The largest absolute Gasteiger partial charge is 0.395 e. The molecule has 0 radical (unpaired) electrons. The van der Waals surface area contributed by atoms with Gasteiger partial charge in [0, 0.05) is 19.2 Å². The van der Waals surface area contributed by atoms with Crippen LogP contribution in [-0.4, -0.2) is 37.5 Å². The fourth-order valence-electron chi connectivity index (χ4n) is 1.09. The molecule has 14 heavy (non-hydrogen) atoms. The molecule has 0 fully saturated rings. The molecule has 3 nitrogen and oxygen atoms in total. The van der Waals surface area contributed by atoms with Crippen LogP contribution in [0.3, 0.4) is 0 Å². The van der Waals surface area contributed by atoms with Crippen LogP contribution >= 0.6 is 0 Å². The van der Waals surface area contributed by atoms with Gasteiger partial charge in [0.05, 0.1) is 13.2 Å². The van der Waals surface area contributed by atoms with Gasteiger partial charge in [-0.15, -0.1) is 0 Å². The van der Waals surface area contributed by atoms with E-state index in [2.05, 4.69) is 26.1 Å². The molecule has 0 aliphatic rings. The summed E-state index contributed by atoms with van der Waals surface area (Å²) in [6, 6.07) is 0.226. The zero-order valence-electron chi connectivity index (χ0n) is 9.75. The van der Waals surface area contributed by atoms with Crippen molar-refractivity contribution < 1.29 is 9.84 Å². The van der Waals surface area contributed by atoms with Gasteiger partial charge in [0.2, 0.25) is 0 Å². The lowest BCUT2D eigenvalue weighted by Gasteiger charge is -2.13. The minimum atomic E-state index is 0.211. The lowest BCUT2D eigenvalue weighted by molar-refractivity contribution is 0.120. The van der Waals surface area contributed by atoms with Crippen molar-refractivity contribution in [2.24, 2.45) is 5.92 Å². The first kappa shape index (κ1) is 13.9. The lowest BCUT2D eigenvalue weighted by atomic mass is 10.1. The van der Waals surface area contributed by atoms with Crippen molar-refractivity contribution in [2.45, 2.75) is 39.7 Å². The first-order chi connectivity index (χ1) is 6.70. The predicted octanol–water partition coefficient (Wildman–Crippen LogP) is 1.41. The summed E-state index contributed by atoms with van der Waals surface area (Å²) in [6.45, 7) is 9.08. The third-order valence-electron chi connectivity index (χ3n) is 2.23. The summed E-state index contributed by atoms with van der Waals surface area (Å²) in [4.78, 5) is 0. The van der Waals surface area contributed by atoms with Gasteiger partial charge in [-0.2, -0.15) is 0 Å². The van der Waals surface area contributed by atoms with Crippen LogP contribution in [0.5, 0.6) is 0 Å². The number of aliphatic hydroxyl groups is 1. The summed E-state index contributed by atoms with van der Waals surface area (Å²) in [5.41, 5.74) is 0. The van der Waals surface area contributed by atoms with Gasteiger partial charge in [-0.05, 0) is 18.8 Å². The zero-order valence-corrected chi connectivity index (χ0v) is 9.75. The molecule has 0 aromatic rings. The van der Waals surface area contributed by atoms with Crippen LogP contribution in [0.25, 0.3) is 0 Å². The van der Waals surface area contributed by atoms with E-state index < -0.39 is 0 Å². The molecule has 0 aromatic heterocycles. The second-order valence-corrected chi connectivity index (χ2v) is 4.04. The number of nitrogens with one attached hydrogen (secondary N) is 1. The van der Waals surface area contributed by atoms with Gasteiger partial charge in [0.1, 0.15) is 0 Å². The normalized spacial score (nSPS) is 13.5. The van der Waals surface area contributed by atoms with Crippen LogP contribution in [0.15, 0.2) is 0 Å². The van der Waals surface area contributed by atoms with E-state index in [0.29, 0.717) is 5.92 Å². The SMILES string of the molecule is CCC(CO)NCCOCCC(C)C. The Morgan fingerprint density at radius 3 is 2.50 bits per heavy atom. The predicted molar refractivity (Wildman–Crippen MR) is 59.4 cm³/mol. The van der Waals surface area contributed by atoms with Gasteiger partial charge in [0.25, 0.3) is 0 Å². The molecule has 1 atom stereocenters. The molecule has 0 saturated carbocycles. The third-order valence-corrected chi connectivity index (χ3v) is 2.23. The fraction of sp³-hybridized carbons (Fsp3) is 1.00. The van der Waals surface area contributed by atoms with E-state index in [0.717, 1.165) is 32.6 Å². The molecule has 0 aromatic carbocycles. The minimum absolute atomic E-state index is 0.211. The average molecular weight is 203 g/mol. The molecule has 0 bridgehead atoms. The van der Waals surface area contributed by atoms with Crippen LogP contribution < -0.4 is 5.32 Å². The molecule has 0 heterocycles. The topological polar surface area (TPSA) is 41.5 Å². The van der Waals surface area contributed by atoms with Crippen molar-refractivity contribution in [2.75, 3.05) is 26.4 Å². The average Bonchev–Trinajstić information content (AvgIpc) is 2.16.